The Morgan fingerprint density at radius 1 is 0.889 bits per heavy atom. The van der Waals surface area contributed by atoms with Crippen LogP contribution in [0.2, 0.25) is 0 Å². The summed E-state index contributed by atoms with van der Waals surface area (Å²) in [5.74, 6) is 1.63. The number of aromatic nitrogens is 7. The second kappa shape index (κ2) is 8.68. The largest absolute Gasteiger partial charge is 0.396 e. The van der Waals surface area contributed by atoms with Crippen LogP contribution in [0, 0.1) is 0 Å². The Hall–Kier alpha value is -4.39. The number of H-pyrrole nitrogens is 1. The Labute approximate surface area is 205 Å². The van der Waals surface area contributed by atoms with Gasteiger partial charge in [0.1, 0.15) is 11.4 Å². The van der Waals surface area contributed by atoms with Crippen molar-refractivity contribution in [3.8, 4) is 11.3 Å². The number of rotatable bonds is 8. The first-order valence-electron chi connectivity index (χ1n) is 11.6. The number of aliphatic hydroxyl groups excluding tert-OH is 1. The van der Waals surface area contributed by atoms with Crippen molar-refractivity contribution in [3.05, 3.63) is 83.7 Å². The van der Waals surface area contributed by atoms with Crippen LogP contribution in [0.15, 0.2) is 65.8 Å². The zero-order valence-electron chi connectivity index (χ0n) is 19.3. The summed E-state index contributed by atoms with van der Waals surface area (Å²) in [5.41, 5.74) is 15.9. The van der Waals surface area contributed by atoms with Gasteiger partial charge in [0.25, 0.3) is 0 Å². The zero-order chi connectivity index (χ0) is 24.7. The summed E-state index contributed by atoms with van der Waals surface area (Å²) < 4.78 is 3.42. The van der Waals surface area contributed by atoms with E-state index < -0.39 is 5.66 Å². The molecule has 5 aromatic rings. The van der Waals surface area contributed by atoms with Gasteiger partial charge in [-0.3, -0.25) is 10.8 Å². The maximum atomic E-state index is 9.51. The van der Waals surface area contributed by atoms with E-state index in [2.05, 4.69) is 30.8 Å². The molecule has 0 radical (unpaired) electrons. The average Bonchev–Trinajstić information content (AvgIpc) is 3.64. The van der Waals surface area contributed by atoms with Crippen LogP contribution in [0.4, 0.5) is 5.69 Å². The smallest absolute Gasteiger partial charge is 0.201 e. The predicted octanol–water partition coefficient (Wildman–Crippen LogP) is 0.842. The highest BCUT2D eigenvalue weighted by molar-refractivity contribution is 6.10. The number of benzene rings is 2. The van der Waals surface area contributed by atoms with Crippen molar-refractivity contribution >= 4 is 17.0 Å². The second-order valence-electron chi connectivity index (χ2n) is 8.51. The molecule has 2 aromatic carbocycles. The van der Waals surface area contributed by atoms with Crippen molar-refractivity contribution in [1.29, 1.82) is 0 Å². The number of hydrogen-bond acceptors (Lipinski definition) is 9. The number of aromatic amines is 1. The first kappa shape index (κ1) is 22.1. The summed E-state index contributed by atoms with van der Waals surface area (Å²) in [5, 5.41) is 38.6. The van der Waals surface area contributed by atoms with Gasteiger partial charge < -0.3 is 16.2 Å². The highest BCUT2D eigenvalue weighted by Crippen LogP contribution is 2.37. The van der Waals surface area contributed by atoms with Gasteiger partial charge in [0, 0.05) is 24.0 Å². The lowest BCUT2D eigenvalue weighted by atomic mass is 9.96. The average molecular weight is 484 g/mol. The number of hydrogen-bond donors (Lipinski definition) is 5. The van der Waals surface area contributed by atoms with Gasteiger partial charge in [-0.05, 0) is 6.54 Å². The number of anilines is 1. The summed E-state index contributed by atoms with van der Waals surface area (Å²) in [6, 6.07) is 19.5. The van der Waals surface area contributed by atoms with Crippen molar-refractivity contribution in [2.24, 2.45) is 16.6 Å². The normalized spacial score (nSPS) is 16.9. The molecule has 0 amide bonds. The van der Waals surface area contributed by atoms with Crippen molar-refractivity contribution in [2.75, 3.05) is 18.5 Å². The SMILES string of the molecule is NCCc1nnc2c(NC3(N)C(c4ccccc4)=Nn4c(CCO)nnc43)c(-c3ccccc3)[nH]n12. The minimum atomic E-state index is -1.35. The van der Waals surface area contributed by atoms with E-state index in [1.807, 2.05) is 65.2 Å². The summed E-state index contributed by atoms with van der Waals surface area (Å²) in [6.07, 6.45) is 0.851. The molecule has 1 aliphatic heterocycles. The lowest BCUT2D eigenvalue weighted by Crippen LogP contribution is -2.51. The van der Waals surface area contributed by atoms with Crippen LogP contribution in [-0.4, -0.2) is 58.7 Å². The van der Waals surface area contributed by atoms with Gasteiger partial charge in [-0.2, -0.15) is 9.78 Å². The van der Waals surface area contributed by atoms with E-state index in [-0.39, 0.29) is 6.61 Å². The Bertz CT molecular complexity index is 1550. The molecule has 1 aliphatic rings. The van der Waals surface area contributed by atoms with Gasteiger partial charge >= 0.3 is 0 Å². The zero-order valence-corrected chi connectivity index (χ0v) is 19.3. The summed E-state index contributed by atoms with van der Waals surface area (Å²) in [7, 11) is 0. The van der Waals surface area contributed by atoms with Gasteiger partial charge in [-0.1, -0.05) is 60.7 Å². The monoisotopic (exact) mass is 483 g/mol. The summed E-state index contributed by atoms with van der Waals surface area (Å²) >= 11 is 0. The molecule has 6 rings (SSSR count). The van der Waals surface area contributed by atoms with Crippen LogP contribution in [0.3, 0.4) is 0 Å². The first-order chi connectivity index (χ1) is 17.6. The van der Waals surface area contributed by atoms with Crippen molar-refractivity contribution in [2.45, 2.75) is 18.5 Å². The van der Waals surface area contributed by atoms with E-state index in [4.69, 9.17) is 16.6 Å². The molecule has 0 bridgehead atoms. The molecule has 4 heterocycles. The van der Waals surface area contributed by atoms with Gasteiger partial charge in [-0.15, -0.1) is 20.4 Å². The number of nitrogens with two attached hydrogens (primary N) is 2. The Morgan fingerprint density at radius 2 is 1.58 bits per heavy atom. The lowest BCUT2D eigenvalue weighted by Gasteiger charge is -2.27. The number of nitrogens with one attached hydrogen (secondary N) is 2. The molecule has 3 aromatic heterocycles. The molecule has 0 saturated carbocycles. The number of aliphatic hydroxyl groups is 1. The van der Waals surface area contributed by atoms with Crippen LogP contribution in [-0.2, 0) is 18.5 Å². The van der Waals surface area contributed by atoms with Crippen molar-refractivity contribution in [1.82, 2.24) is 34.7 Å². The number of nitrogens with zero attached hydrogens (tertiary/aromatic N) is 7. The van der Waals surface area contributed by atoms with Gasteiger partial charge in [0.05, 0.1) is 12.3 Å². The fourth-order valence-electron chi connectivity index (χ4n) is 4.50. The molecule has 12 heteroatoms. The quantitative estimate of drug-likeness (QED) is 0.202. The molecule has 0 fully saturated rings. The molecule has 12 nitrogen and oxygen atoms in total. The van der Waals surface area contributed by atoms with Crippen molar-refractivity contribution < 1.29 is 5.11 Å². The topological polar surface area (TPSA) is 173 Å². The molecule has 0 spiro atoms. The van der Waals surface area contributed by atoms with E-state index in [1.165, 1.54) is 0 Å². The fourth-order valence-corrected chi connectivity index (χ4v) is 4.50. The Kier molecular flexibility index (Phi) is 5.33. The van der Waals surface area contributed by atoms with E-state index in [1.54, 1.807) is 4.68 Å². The maximum Gasteiger partial charge on any atom is 0.201 e. The van der Waals surface area contributed by atoms with Crippen molar-refractivity contribution in [3.63, 3.8) is 0 Å². The third kappa shape index (κ3) is 3.39. The predicted molar refractivity (Wildman–Crippen MR) is 134 cm³/mol. The molecule has 0 saturated heterocycles. The molecule has 182 valence electrons. The van der Waals surface area contributed by atoms with E-state index in [0.717, 1.165) is 16.8 Å². The fraction of sp³-hybridized carbons (Fsp3) is 0.208. The van der Waals surface area contributed by atoms with E-state index in [9.17, 15) is 5.11 Å². The molecule has 1 unspecified atom stereocenters. The molecule has 36 heavy (non-hydrogen) atoms. The maximum absolute atomic E-state index is 9.51. The summed E-state index contributed by atoms with van der Waals surface area (Å²) in [4.78, 5) is 0. The minimum absolute atomic E-state index is 0.0838. The Balaban J connectivity index is 1.54. The van der Waals surface area contributed by atoms with E-state index in [0.29, 0.717) is 53.9 Å². The molecule has 0 aliphatic carbocycles. The molecular formula is C24H25N11O. The Morgan fingerprint density at radius 3 is 2.28 bits per heavy atom. The molecular weight excluding hydrogens is 458 g/mol. The van der Waals surface area contributed by atoms with Crippen LogP contribution in [0.5, 0.6) is 0 Å². The van der Waals surface area contributed by atoms with Crippen LogP contribution >= 0.6 is 0 Å². The first-order valence-corrected chi connectivity index (χ1v) is 11.6. The number of fused-ring (bicyclic) bond motifs is 2. The minimum Gasteiger partial charge on any atom is -0.396 e. The second-order valence-corrected chi connectivity index (χ2v) is 8.51. The third-order valence-electron chi connectivity index (χ3n) is 6.19. The van der Waals surface area contributed by atoms with Gasteiger partial charge in [0.15, 0.2) is 17.3 Å². The standard InChI is InChI=1S/C24H25N11O/c25-13-11-17-28-30-22-20(19(32-34(17)22)15-7-3-1-4-8-15)27-24(26)21(16-9-5-2-6-10-16)33-35-18(12-14-36)29-31-23(24)35/h1-10,27,32,36H,11-14,25-26H2. The highest BCUT2D eigenvalue weighted by Gasteiger charge is 2.46. The van der Waals surface area contributed by atoms with Crippen LogP contribution in [0.25, 0.3) is 16.9 Å². The molecule has 7 N–H and O–H groups in total. The molecule has 1 atom stereocenters. The summed E-state index contributed by atoms with van der Waals surface area (Å²) in [6.45, 7) is 0.352. The lowest BCUT2D eigenvalue weighted by molar-refractivity contribution is 0.295. The van der Waals surface area contributed by atoms with Crippen LogP contribution < -0.4 is 16.8 Å². The third-order valence-corrected chi connectivity index (χ3v) is 6.19. The highest BCUT2D eigenvalue weighted by atomic mass is 16.3. The van der Waals surface area contributed by atoms with Gasteiger partial charge in [0.2, 0.25) is 11.5 Å². The van der Waals surface area contributed by atoms with E-state index >= 15 is 0 Å². The van der Waals surface area contributed by atoms with Crippen LogP contribution in [0.1, 0.15) is 23.0 Å². The van der Waals surface area contributed by atoms with Gasteiger partial charge in [-0.25, -0.2) is 4.52 Å².